The Kier molecular flexibility index (Phi) is 1.78. The molecule has 0 amide bonds. The van der Waals surface area contributed by atoms with Crippen LogP contribution in [-0.2, 0) is 15.1 Å². The molecule has 1 aliphatic carbocycles. The first-order valence-electron chi connectivity index (χ1n) is 10.2. The van der Waals surface area contributed by atoms with Crippen molar-refractivity contribution in [2.75, 3.05) is 5.73 Å². The average molecular weight is 306 g/mol. The Morgan fingerprint density at radius 2 is 2.23 bits per heavy atom. The molecule has 2 N–H and O–H groups in total. The van der Waals surface area contributed by atoms with Gasteiger partial charge < -0.3 is 5.73 Å². The summed E-state index contributed by atoms with van der Waals surface area (Å²) in [5.41, 5.74) is 1.51. The molecule has 3 rings (SSSR count). The van der Waals surface area contributed by atoms with Gasteiger partial charge in [-0.3, -0.25) is 19.0 Å². The van der Waals surface area contributed by atoms with Gasteiger partial charge in [-0.05, 0) is 32.3 Å². The van der Waals surface area contributed by atoms with E-state index < -0.39 is 84.3 Å². The molecule has 1 fully saturated rings. The Labute approximate surface area is 136 Å². The molecule has 1 aliphatic rings. The number of fused-ring (bicyclic) bond motifs is 1. The number of benzene rings is 1. The fraction of sp³-hybridized carbons (Fsp3) is 0.375. The summed E-state index contributed by atoms with van der Waals surface area (Å²) in [7, 11) is 0. The van der Waals surface area contributed by atoms with Gasteiger partial charge in [0.1, 0.15) is 17.1 Å². The number of carbonyl (C=O) groups excluding carboxylic acids is 2. The Hall–Kier alpha value is -2.50. The predicted molar refractivity (Wildman–Crippen MR) is 82.7 cm³/mol. The van der Waals surface area contributed by atoms with Crippen LogP contribution in [0.15, 0.2) is 22.9 Å². The van der Waals surface area contributed by atoms with Crippen LogP contribution >= 0.6 is 0 Å². The van der Waals surface area contributed by atoms with Crippen LogP contribution in [0.2, 0.25) is 0 Å². The molecular formula is C16H17N3O3. The normalized spacial score (nSPS) is 27.4. The van der Waals surface area contributed by atoms with Gasteiger partial charge in [0.05, 0.1) is 21.4 Å². The van der Waals surface area contributed by atoms with Crippen LogP contribution in [0.5, 0.6) is 0 Å². The van der Waals surface area contributed by atoms with Crippen LogP contribution in [0.4, 0.5) is 5.69 Å². The molecule has 6 heteroatoms. The van der Waals surface area contributed by atoms with E-state index in [0.29, 0.717) is 4.57 Å². The zero-order valence-electron chi connectivity index (χ0n) is 18.5. The second-order valence-electron chi connectivity index (χ2n) is 5.18. The highest BCUT2D eigenvalue weighted by molar-refractivity contribution is 6.05. The molecule has 6 nitrogen and oxygen atoms in total. The lowest BCUT2D eigenvalue weighted by atomic mass is 9.81. The quantitative estimate of drug-likeness (QED) is 0.633. The Morgan fingerprint density at radius 3 is 2.91 bits per heavy atom. The molecule has 1 heterocycles. The van der Waals surface area contributed by atoms with Crippen molar-refractivity contribution in [3.05, 3.63) is 34.3 Å². The van der Waals surface area contributed by atoms with E-state index in [0.717, 1.165) is 0 Å². The molecule has 0 aliphatic heterocycles. The number of hydrogen-bond acceptors (Lipinski definition) is 5. The highest BCUT2D eigenvalue weighted by atomic mass is 16.2. The average Bonchev–Trinajstić information content (AvgIpc) is 2.63. The van der Waals surface area contributed by atoms with E-state index in [1.165, 1.54) is 0 Å². The highest BCUT2D eigenvalue weighted by Crippen LogP contribution is 2.30. The first kappa shape index (κ1) is 8.22. The summed E-state index contributed by atoms with van der Waals surface area (Å²) < 4.78 is 55.9. The molecule has 1 unspecified atom stereocenters. The van der Waals surface area contributed by atoms with Gasteiger partial charge in [0.15, 0.2) is 5.78 Å². The third kappa shape index (κ3) is 1.94. The van der Waals surface area contributed by atoms with Crippen molar-refractivity contribution >= 4 is 28.2 Å². The molecular weight excluding hydrogens is 282 g/mol. The van der Waals surface area contributed by atoms with Gasteiger partial charge in [-0.1, -0.05) is 6.04 Å². The molecule has 1 aromatic heterocycles. The number of anilines is 1. The maximum Gasteiger partial charge on any atom is 0.264 e. The number of hydrogen-bond donors (Lipinski definition) is 1. The third-order valence-corrected chi connectivity index (χ3v) is 3.77. The predicted octanol–water partition coefficient (Wildman–Crippen LogP) is 1.32. The van der Waals surface area contributed by atoms with E-state index in [9.17, 15) is 14.4 Å². The van der Waals surface area contributed by atoms with Gasteiger partial charge in [-0.15, -0.1) is 0 Å². The highest BCUT2D eigenvalue weighted by Gasteiger charge is 2.41. The standard InChI is InChI=1S/C16H17N3O3/c1-9-18-12-5-3-4-11(17)14(12)15(22)19(9)16(2)7-6-10(20)8-13(16)21/h3-5H,6-8,17H2,1-2H3/i1D,2D3,3D,4D,5D. The number of nitrogens with zero attached hydrogens (tertiary/aromatic N) is 2. The van der Waals surface area contributed by atoms with E-state index >= 15 is 0 Å². The molecule has 1 atom stereocenters. The first-order chi connectivity index (χ1) is 13.4. The van der Waals surface area contributed by atoms with Crippen LogP contribution in [-0.4, -0.2) is 21.1 Å². The van der Waals surface area contributed by atoms with Gasteiger partial charge in [0.2, 0.25) is 0 Å². The summed E-state index contributed by atoms with van der Waals surface area (Å²) in [6.07, 6.45) is -1.39. The summed E-state index contributed by atoms with van der Waals surface area (Å²) in [6.45, 7) is -3.73. The van der Waals surface area contributed by atoms with Crippen LogP contribution in [0.25, 0.3) is 10.9 Å². The van der Waals surface area contributed by atoms with E-state index in [1.54, 1.807) is 0 Å². The van der Waals surface area contributed by atoms with Gasteiger partial charge >= 0.3 is 0 Å². The monoisotopic (exact) mass is 306 g/mol. The first-order valence-corrected chi connectivity index (χ1v) is 6.54. The zero-order chi connectivity index (χ0) is 21.9. The summed E-state index contributed by atoms with van der Waals surface area (Å²) in [6, 6.07) is -1.73. The number of nitrogen functional groups attached to an aromatic ring is 1. The SMILES string of the molecule is [2H]Cc1nc2c([2H])c([2H])c([2H])c(N)c2c(=O)n1C1(C([2H])([2H])[2H])CCC(=O)CC1=O. The van der Waals surface area contributed by atoms with Crippen molar-refractivity contribution in [2.45, 2.75) is 38.6 Å². The summed E-state index contributed by atoms with van der Waals surface area (Å²) in [5, 5.41) is -0.457. The maximum atomic E-state index is 13.4. The molecule has 0 spiro atoms. The molecule has 22 heavy (non-hydrogen) atoms. The van der Waals surface area contributed by atoms with Gasteiger partial charge in [0, 0.05) is 17.6 Å². The molecule has 1 saturated carbocycles. The van der Waals surface area contributed by atoms with Gasteiger partial charge in [-0.2, -0.15) is 0 Å². The van der Waals surface area contributed by atoms with E-state index in [2.05, 4.69) is 4.98 Å². The Balaban J connectivity index is 2.55. The van der Waals surface area contributed by atoms with E-state index in [1.807, 2.05) is 0 Å². The largest absolute Gasteiger partial charge is 0.398 e. The lowest BCUT2D eigenvalue weighted by Crippen LogP contribution is -2.49. The van der Waals surface area contributed by atoms with Crippen LogP contribution in [0, 0.1) is 6.90 Å². The number of carbonyl (C=O) groups is 2. The number of nitrogens with two attached hydrogens (primary N) is 1. The minimum Gasteiger partial charge on any atom is -0.398 e. The lowest BCUT2D eigenvalue weighted by molar-refractivity contribution is -0.136. The van der Waals surface area contributed by atoms with Crippen molar-refractivity contribution in [3.8, 4) is 0 Å². The fourth-order valence-corrected chi connectivity index (χ4v) is 2.62. The number of aromatic nitrogens is 2. The summed E-state index contributed by atoms with van der Waals surface area (Å²) in [4.78, 5) is 41.9. The minimum absolute atomic E-state index is 0.249. The van der Waals surface area contributed by atoms with Gasteiger partial charge in [0.25, 0.3) is 5.56 Å². The van der Waals surface area contributed by atoms with Crippen LogP contribution in [0.1, 0.15) is 41.5 Å². The number of ketones is 2. The van der Waals surface area contributed by atoms with Crippen molar-refractivity contribution < 1.29 is 19.2 Å². The Bertz CT molecular complexity index is 1130. The van der Waals surface area contributed by atoms with E-state index in [4.69, 9.17) is 15.3 Å². The minimum atomic E-state index is -3.04. The summed E-state index contributed by atoms with van der Waals surface area (Å²) >= 11 is 0. The third-order valence-electron chi connectivity index (χ3n) is 3.77. The molecule has 1 aromatic carbocycles. The number of aryl methyl sites for hydroxylation is 1. The fourth-order valence-electron chi connectivity index (χ4n) is 2.62. The molecule has 2 aromatic rings. The van der Waals surface area contributed by atoms with Gasteiger partial charge in [-0.25, -0.2) is 4.98 Å². The molecule has 114 valence electrons. The molecule has 0 bridgehead atoms. The second kappa shape index (κ2) is 4.76. The van der Waals surface area contributed by atoms with Crippen molar-refractivity contribution in [1.82, 2.24) is 9.55 Å². The van der Waals surface area contributed by atoms with E-state index in [-0.39, 0.29) is 11.9 Å². The topological polar surface area (TPSA) is 95.0 Å². The van der Waals surface area contributed by atoms with Crippen molar-refractivity contribution in [3.63, 3.8) is 0 Å². The smallest absolute Gasteiger partial charge is 0.264 e. The van der Waals surface area contributed by atoms with Crippen LogP contribution in [0.3, 0.4) is 0 Å². The molecule has 0 radical (unpaired) electrons. The Morgan fingerprint density at radius 1 is 1.41 bits per heavy atom. The summed E-state index contributed by atoms with van der Waals surface area (Å²) in [5.74, 6) is -1.84. The second-order valence-corrected chi connectivity index (χ2v) is 5.18. The molecule has 0 saturated heterocycles. The zero-order valence-corrected chi connectivity index (χ0v) is 11.5. The lowest BCUT2D eigenvalue weighted by Gasteiger charge is -2.34. The number of rotatable bonds is 1. The van der Waals surface area contributed by atoms with Crippen molar-refractivity contribution in [2.24, 2.45) is 0 Å². The maximum absolute atomic E-state index is 13.4. The van der Waals surface area contributed by atoms with Crippen LogP contribution < -0.4 is 11.3 Å². The number of Topliss-reactive ketones (excluding diaryl/α,β-unsaturated/α-hetero) is 2. The van der Waals surface area contributed by atoms with Crippen molar-refractivity contribution in [1.29, 1.82) is 0 Å².